The fraction of sp³-hybridized carbons (Fsp3) is 0.724. The Labute approximate surface area is 251 Å². The number of rotatable bonds is 7. The van der Waals surface area contributed by atoms with Crippen LogP contribution in [0.4, 0.5) is 0 Å². The van der Waals surface area contributed by atoms with Crippen LogP contribution in [-0.4, -0.2) is 102 Å². The van der Waals surface area contributed by atoms with Crippen molar-refractivity contribution in [2.75, 3.05) is 19.8 Å². The molecule has 0 spiro atoms. The molecule has 0 amide bonds. The van der Waals surface area contributed by atoms with Crippen LogP contribution in [-0.2, 0) is 52.3 Å². The average molecular weight is 619 g/mol. The molecule has 0 saturated carbocycles. The molecule has 3 aliphatic heterocycles. The molecule has 43 heavy (non-hydrogen) atoms. The van der Waals surface area contributed by atoms with Gasteiger partial charge in [-0.15, -0.1) is 0 Å². The first-order valence-corrected chi connectivity index (χ1v) is 14.0. The summed E-state index contributed by atoms with van der Waals surface area (Å²) in [6.07, 6.45) is 2.99. The number of esters is 4. The van der Waals surface area contributed by atoms with E-state index < -0.39 is 30.6 Å². The van der Waals surface area contributed by atoms with E-state index in [4.69, 9.17) is 33.2 Å². The molecule has 0 aromatic carbocycles. The lowest BCUT2D eigenvalue weighted by atomic mass is 9.93. The van der Waals surface area contributed by atoms with Gasteiger partial charge in [0.05, 0.1) is 30.8 Å². The second-order valence-electron chi connectivity index (χ2n) is 10.5. The van der Waals surface area contributed by atoms with Crippen LogP contribution in [0, 0.1) is 17.8 Å². The monoisotopic (exact) mass is 618 g/mol. The molecule has 0 aromatic heterocycles. The van der Waals surface area contributed by atoms with E-state index in [0.29, 0.717) is 0 Å². The van der Waals surface area contributed by atoms with Crippen LogP contribution in [0.1, 0.15) is 54.9 Å². The van der Waals surface area contributed by atoms with E-state index in [9.17, 15) is 34.5 Å². The Morgan fingerprint density at radius 3 is 1.63 bits per heavy atom. The van der Waals surface area contributed by atoms with Crippen LogP contribution in [0.3, 0.4) is 0 Å². The van der Waals surface area contributed by atoms with Crippen LogP contribution < -0.4 is 0 Å². The van der Waals surface area contributed by atoms with Gasteiger partial charge in [0, 0.05) is 51.9 Å². The Morgan fingerprint density at radius 1 is 0.674 bits per heavy atom. The smallest absolute Gasteiger partial charge is 0.303 e. The molecule has 0 bridgehead atoms. The van der Waals surface area contributed by atoms with E-state index in [1.807, 2.05) is 13.8 Å². The summed E-state index contributed by atoms with van der Waals surface area (Å²) in [6.45, 7) is 11.3. The van der Waals surface area contributed by atoms with Crippen molar-refractivity contribution >= 4 is 23.9 Å². The lowest BCUT2D eigenvalue weighted by molar-refractivity contribution is -0.222. The maximum absolute atomic E-state index is 10.8. The van der Waals surface area contributed by atoms with Crippen molar-refractivity contribution in [1.82, 2.24) is 0 Å². The zero-order valence-electron chi connectivity index (χ0n) is 25.7. The minimum atomic E-state index is -0.971. The third kappa shape index (κ3) is 14.7. The minimum Gasteiger partial charge on any atom is -0.494 e. The molecule has 3 rings (SSSR count). The summed E-state index contributed by atoms with van der Waals surface area (Å²) in [6, 6.07) is 0. The number of hydrogen-bond acceptors (Lipinski definition) is 14. The summed E-state index contributed by atoms with van der Waals surface area (Å²) < 4.78 is 35.1. The van der Waals surface area contributed by atoms with Gasteiger partial charge in [0.1, 0.15) is 38.1 Å². The first-order chi connectivity index (χ1) is 20.1. The van der Waals surface area contributed by atoms with Crippen molar-refractivity contribution in [3.63, 3.8) is 0 Å². The van der Waals surface area contributed by atoms with Crippen molar-refractivity contribution in [2.24, 2.45) is 17.8 Å². The van der Waals surface area contributed by atoms with Gasteiger partial charge in [-0.2, -0.15) is 0 Å². The van der Waals surface area contributed by atoms with E-state index in [2.05, 4.69) is 0 Å². The number of aliphatic hydroxyl groups excluding tert-OH is 3. The van der Waals surface area contributed by atoms with Crippen LogP contribution >= 0.6 is 0 Å². The van der Waals surface area contributed by atoms with E-state index >= 15 is 0 Å². The van der Waals surface area contributed by atoms with Gasteiger partial charge in [0.15, 0.2) is 6.29 Å². The number of carbonyl (C=O) groups excluding carboxylic acids is 4. The van der Waals surface area contributed by atoms with Crippen LogP contribution in [0.5, 0.6) is 0 Å². The van der Waals surface area contributed by atoms with Gasteiger partial charge in [0.25, 0.3) is 0 Å². The van der Waals surface area contributed by atoms with E-state index in [-0.39, 0.29) is 80.2 Å². The standard InChI is InChI=1S/C11H16O5.C9H16O5.C9H14O4/c1-7-10(16-9(3)13)4-5-14-11(7)6-15-8(2)12;1-5-7(11)3-9(12)14-8(5)4-13-6(2)10;1-6-8(11)3-4-12-9(6)5-13-7(2)10/h4-5,7,10-11H,6H2,1-3H3;5,7-9,11-12H,3-4H2,1-2H3;3-4,6,8-9,11H,5H2,1-2H3. The molecule has 1 fully saturated rings. The van der Waals surface area contributed by atoms with Crippen molar-refractivity contribution in [1.29, 1.82) is 0 Å². The van der Waals surface area contributed by atoms with Gasteiger partial charge in [-0.05, 0) is 12.2 Å². The van der Waals surface area contributed by atoms with Crippen LogP contribution in [0.25, 0.3) is 0 Å². The van der Waals surface area contributed by atoms with Gasteiger partial charge in [-0.1, -0.05) is 20.8 Å². The zero-order chi connectivity index (χ0) is 32.7. The summed E-state index contributed by atoms with van der Waals surface area (Å²) in [4.78, 5) is 42.6. The second-order valence-corrected chi connectivity index (χ2v) is 10.5. The molecule has 1 saturated heterocycles. The second kappa shape index (κ2) is 19.2. The number of aliphatic hydroxyl groups is 3. The number of hydrogen-bond donors (Lipinski definition) is 3. The highest BCUT2D eigenvalue weighted by Crippen LogP contribution is 2.25. The molecule has 14 heteroatoms. The predicted octanol–water partition coefficient (Wildman–Crippen LogP) is 1.14. The Balaban J connectivity index is 0.000000324. The van der Waals surface area contributed by atoms with Crippen molar-refractivity contribution < 1.29 is 67.7 Å². The van der Waals surface area contributed by atoms with Crippen molar-refractivity contribution in [3.05, 3.63) is 24.7 Å². The summed E-state index contributed by atoms with van der Waals surface area (Å²) in [5, 5.41) is 28.1. The van der Waals surface area contributed by atoms with Crippen LogP contribution in [0.2, 0.25) is 0 Å². The van der Waals surface area contributed by atoms with Gasteiger partial charge < -0.3 is 48.5 Å². The number of ether oxygens (including phenoxy) is 7. The van der Waals surface area contributed by atoms with E-state index in [1.165, 1.54) is 40.2 Å². The Kier molecular flexibility index (Phi) is 16.8. The molecule has 14 nitrogen and oxygen atoms in total. The molecule has 0 aromatic rings. The lowest BCUT2D eigenvalue weighted by Gasteiger charge is -2.35. The molecule has 0 radical (unpaired) electrons. The third-order valence-corrected chi connectivity index (χ3v) is 6.90. The topological polar surface area (TPSA) is 194 Å². The van der Waals surface area contributed by atoms with Gasteiger partial charge in [-0.3, -0.25) is 19.2 Å². The van der Waals surface area contributed by atoms with E-state index in [0.717, 1.165) is 0 Å². The summed E-state index contributed by atoms with van der Waals surface area (Å²) in [7, 11) is 0. The molecular formula is C29H46O14. The SMILES string of the molecule is CC(=O)OCC1OC(O)CC(O)C1C.CC(=O)OCC1OC=CC(O)C1C.CC(=O)OCC1OC=CC(OC(C)=O)C1C. The lowest BCUT2D eigenvalue weighted by Crippen LogP contribution is -2.45. The Bertz CT molecular complexity index is 949. The largest absolute Gasteiger partial charge is 0.494 e. The highest BCUT2D eigenvalue weighted by molar-refractivity contribution is 5.67. The summed E-state index contributed by atoms with van der Waals surface area (Å²) >= 11 is 0. The molecular weight excluding hydrogens is 572 g/mol. The highest BCUT2D eigenvalue weighted by Gasteiger charge is 2.35. The molecule has 3 heterocycles. The maximum atomic E-state index is 10.8. The first kappa shape index (κ1) is 37.8. The Morgan fingerprint density at radius 2 is 1.14 bits per heavy atom. The Hall–Kier alpha value is -3.20. The van der Waals surface area contributed by atoms with Gasteiger partial charge >= 0.3 is 23.9 Å². The van der Waals surface area contributed by atoms with Crippen molar-refractivity contribution in [3.8, 4) is 0 Å². The predicted molar refractivity (Wildman–Crippen MR) is 148 cm³/mol. The molecule has 0 aliphatic carbocycles. The highest BCUT2D eigenvalue weighted by atomic mass is 16.6. The normalized spacial score (nSPS) is 32.6. The number of carbonyl (C=O) groups is 4. The third-order valence-electron chi connectivity index (χ3n) is 6.90. The van der Waals surface area contributed by atoms with Crippen molar-refractivity contribution in [2.45, 2.75) is 97.8 Å². The average Bonchev–Trinajstić information content (AvgIpc) is 2.91. The van der Waals surface area contributed by atoms with Crippen LogP contribution in [0.15, 0.2) is 24.7 Å². The molecule has 3 aliphatic rings. The summed E-state index contributed by atoms with van der Waals surface area (Å²) in [5.41, 5.74) is 0. The van der Waals surface area contributed by atoms with E-state index in [1.54, 1.807) is 19.1 Å². The fourth-order valence-corrected chi connectivity index (χ4v) is 4.04. The fourth-order valence-electron chi connectivity index (χ4n) is 4.04. The van der Waals surface area contributed by atoms with Gasteiger partial charge in [0.2, 0.25) is 0 Å². The maximum Gasteiger partial charge on any atom is 0.303 e. The minimum absolute atomic E-state index is 0.0479. The van der Waals surface area contributed by atoms with Gasteiger partial charge in [-0.25, -0.2) is 0 Å². The first-order valence-electron chi connectivity index (χ1n) is 14.0. The molecule has 3 N–H and O–H groups in total. The molecule has 10 unspecified atom stereocenters. The zero-order valence-corrected chi connectivity index (χ0v) is 25.7. The molecule has 10 atom stereocenters. The molecule has 246 valence electrons. The summed E-state index contributed by atoms with van der Waals surface area (Å²) in [5.74, 6) is -1.66. The quantitative estimate of drug-likeness (QED) is 0.272.